The lowest BCUT2D eigenvalue weighted by Gasteiger charge is -2.08. The van der Waals surface area contributed by atoms with Gasteiger partial charge in [0.15, 0.2) is 0 Å². The van der Waals surface area contributed by atoms with E-state index in [9.17, 15) is 0 Å². The van der Waals surface area contributed by atoms with E-state index >= 15 is 0 Å². The van der Waals surface area contributed by atoms with Gasteiger partial charge in [-0.05, 0) is 6.42 Å². The fourth-order valence-corrected chi connectivity index (χ4v) is 2.56. The highest BCUT2D eigenvalue weighted by Crippen LogP contribution is 1.98. The van der Waals surface area contributed by atoms with Crippen LogP contribution in [0.4, 0.5) is 0 Å². The van der Waals surface area contributed by atoms with Gasteiger partial charge in [-0.1, -0.05) is 26.2 Å². The third-order valence-corrected chi connectivity index (χ3v) is 4.35. The molecule has 0 amide bonds. The Bertz CT molecular complexity index is 499. The second-order valence-corrected chi connectivity index (χ2v) is 8.64. The van der Waals surface area contributed by atoms with Gasteiger partial charge in [-0.15, -0.1) is 0 Å². The Balaban J connectivity index is 0. The number of hydrogen-bond donors (Lipinski definition) is 3. The van der Waals surface area contributed by atoms with Crippen molar-refractivity contribution >= 4 is 10.4 Å². The summed E-state index contributed by atoms with van der Waals surface area (Å²) in [5.41, 5.74) is 0. The van der Waals surface area contributed by atoms with Crippen LogP contribution in [0.5, 0.6) is 0 Å². The Labute approximate surface area is 234 Å². The van der Waals surface area contributed by atoms with Gasteiger partial charge in [-0.25, -0.2) is 0 Å². The van der Waals surface area contributed by atoms with E-state index < -0.39 is 10.4 Å². The maximum Gasteiger partial charge on any atom is 0.394 e. The topological polar surface area (TPSA) is 178 Å². The first-order valence-corrected chi connectivity index (χ1v) is 14.8. The van der Waals surface area contributed by atoms with Gasteiger partial charge < -0.3 is 47.7 Å². The number of ether oxygens (including phenoxy) is 9. The third-order valence-electron chi connectivity index (χ3n) is 4.35. The highest BCUT2D eigenvalue weighted by molar-refractivity contribution is 7.79. The number of aliphatic hydroxyl groups excluding tert-OH is 1. The highest BCUT2D eigenvalue weighted by Gasteiger charge is 1.95. The highest BCUT2D eigenvalue weighted by atomic mass is 32.3. The molecular formula is C24H52O14S. The molecule has 0 spiro atoms. The molecule has 0 fully saturated rings. The Hall–Kier alpha value is -0.530. The smallest absolute Gasteiger partial charge is 0.394 e. The molecule has 0 aromatic carbocycles. The van der Waals surface area contributed by atoms with E-state index in [0.29, 0.717) is 112 Å². The molecule has 0 aliphatic heterocycles. The molecule has 39 heavy (non-hydrogen) atoms. The zero-order chi connectivity index (χ0) is 29.1. The minimum Gasteiger partial charge on any atom is -0.394 e. The molecule has 14 nitrogen and oxygen atoms in total. The SMILES string of the molecule is CCCCCCOCCOCCOCCOCCOCCOCCOCCOCCOCCO.O=S(=O)(O)O. The van der Waals surface area contributed by atoms with Crippen molar-refractivity contribution in [3.63, 3.8) is 0 Å². The first-order chi connectivity index (χ1) is 18.9. The summed E-state index contributed by atoms with van der Waals surface area (Å²) in [7, 11) is -4.67. The van der Waals surface area contributed by atoms with Gasteiger partial charge >= 0.3 is 10.4 Å². The first kappa shape index (κ1) is 40.6. The second-order valence-electron chi connectivity index (χ2n) is 7.74. The molecule has 0 aliphatic rings. The van der Waals surface area contributed by atoms with Crippen LogP contribution in [0.3, 0.4) is 0 Å². The van der Waals surface area contributed by atoms with Crippen molar-refractivity contribution in [3.8, 4) is 0 Å². The minimum atomic E-state index is -4.67. The van der Waals surface area contributed by atoms with E-state index in [1.807, 2.05) is 0 Å². The van der Waals surface area contributed by atoms with Gasteiger partial charge in [0.1, 0.15) is 0 Å². The van der Waals surface area contributed by atoms with Crippen molar-refractivity contribution < 1.29 is 65.3 Å². The molecule has 0 rings (SSSR count). The van der Waals surface area contributed by atoms with E-state index in [4.69, 9.17) is 65.3 Å². The molecule has 0 aromatic heterocycles. The van der Waals surface area contributed by atoms with Crippen molar-refractivity contribution in [1.82, 2.24) is 0 Å². The molecule has 3 N–H and O–H groups in total. The predicted octanol–water partition coefficient (Wildman–Crippen LogP) is 1.06. The Morgan fingerprint density at radius 2 is 0.641 bits per heavy atom. The molecule has 238 valence electrons. The molecular weight excluding hydrogens is 544 g/mol. The van der Waals surface area contributed by atoms with Gasteiger partial charge in [0.2, 0.25) is 0 Å². The van der Waals surface area contributed by atoms with Gasteiger partial charge in [-0.3, -0.25) is 9.11 Å². The summed E-state index contributed by atoms with van der Waals surface area (Å²) in [6.45, 7) is 12.0. The number of hydrogen-bond acceptors (Lipinski definition) is 12. The largest absolute Gasteiger partial charge is 0.394 e. The first-order valence-electron chi connectivity index (χ1n) is 13.4. The third kappa shape index (κ3) is 50.8. The summed E-state index contributed by atoms with van der Waals surface area (Å²) in [6, 6.07) is 0. The molecule has 0 saturated heterocycles. The van der Waals surface area contributed by atoms with Crippen LogP contribution in [-0.4, -0.2) is 148 Å². The van der Waals surface area contributed by atoms with Crippen LogP contribution in [0.25, 0.3) is 0 Å². The maximum atomic E-state index is 8.74. The van der Waals surface area contributed by atoms with Gasteiger partial charge in [0.05, 0.1) is 119 Å². The van der Waals surface area contributed by atoms with Gasteiger partial charge in [0, 0.05) is 6.61 Å². The van der Waals surface area contributed by atoms with E-state index in [1.54, 1.807) is 0 Å². The van der Waals surface area contributed by atoms with Crippen molar-refractivity contribution in [3.05, 3.63) is 0 Å². The summed E-state index contributed by atoms with van der Waals surface area (Å²) in [4.78, 5) is 0. The van der Waals surface area contributed by atoms with E-state index in [0.717, 1.165) is 13.0 Å². The molecule has 0 aromatic rings. The van der Waals surface area contributed by atoms with E-state index in [1.165, 1.54) is 19.3 Å². The summed E-state index contributed by atoms with van der Waals surface area (Å²) in [5.74, 6) is 0. The molecule has 0 heterocycles. The monoisotopic (exact) mass is 596 g/mol. The summed E-state index contributed by atoms with van der Waals surface area (Å²) in [5, 5.41) is 8.55. The molecule has 0 atom stereocenters. The molecule has 0 aliphatic carbocycles. The van der Waals surface area contributed by atoms with Crippen LogP contribution in [0.15, 0.2) is 0 Å². The Morgan fingerprint density at radius 3 is 0.872 bits per heavy atom. The van der Waals surface area contributed by atoms with E-state index in [2.05, 4.69) is 6.92 Å². The second kappa shape index (κ2) is 35.5. The molecule has 15 heteroatoms. The summed E-state index contributed by atoms with van der Waals surface area (Å²) in [6.07, 6.45) is 4.91. The lowest BCUT2D eigenvalue weighted by Crippen LogP contribution is -2.15. The zero-order valence-corrected chi connectivity index (χ0v) is 24.3. The molecule has 0 saturated carbocycles. The average molecular weight is 597 g/mol. The molecule has 0 unspecified atom stereocenters. The quantitative estimate of drug-likeness (QED) is 0.0764. The Kier molecular flexibility index (Phi) is 37.0. The maximum absolute atomic E-state index is 8.74. The van der Waals surface area contributed by atoms with Crippen LogP contribution < -0.4 is 0 Å². The molecule has 0 radical (unpaired) electrons. The number of aliphatic hydroxyl groups is 1. The van der Waals surface area contributed by atoms with Crippen molar-refractivity contribution in [2.45, 2.75) is 32.6 Å². The standard InChI is InChI=1S/C24H50O10.H2O4S/c1-2-3-4-5-7-26-9-11-28-13-15-30-17-19-32-21-23-34-24-22-33-20-18-31-16-14-29-12-10-27-8-6-25;1-5(2,3)4/h25H,2-24H2,1H3;(H2,1,2,3,4). The lowest BCUT2D eigenvalue weighted by atomic mass is 10.2. The van der Waals surface area contributed by atoms with Gasteiger partial charge in [0.25, 0.3) is 0 Å². The Morgan fingerprint density at radius 1 is 0.410 bits per heavy atom. The number of unbranched alkanes of at least 4 members (excludes halogenated alkanes) is 3. The van der Waals surface area contributed by atoms with Crippen molar-refractivity contribution in [2.24, 2.45) is 0 Å². The summed E-state index contributed by atoms with van der Waals surface area (Å²) >= 11 is 0. The minimum absolute atomic E-state index is 0.0324. The van der Waals surface area contributed by atoms with Crippen LogP contribution in [-0.2, 0) is 53.0 Å². The van der Waals surface area contributed by atoms with Crippen LogP contribution in [0.1, 0.15) is 32.6 Å². The van der Waals surface area contributed by atoms with Crippen LogP contribution in [0.2, 0.25) is 0 Å². The average Bonchev–Trinajstić information content (AvgIpc) is 2.89. The fraction of sp³-hybridized carbons (Fsp3) is 1.00. The van der Waals surface area contributed by atoms with Gasteiger partial charge in [-0.2, -0.15) is 8.42 Å². The number of rotatable bonds is 31. The van der Waals surface area contributed by atoms with Crippen LogP contribution in [0, 0.1) is 0 Å². The van der Waals surface area contributed by atoms with Crippen LogP contribution >= 0.6 is 0 Å². The lowest BCUT2D eigenvalue weighted by molar-refractivity contribution is -0.0255. The molecule has 0 bridgehead atoms. The van der Waals surface area contributed by atoms with E-state index in [-0.39, 0.29) is 6.61 Å². The predicted molar refractivity (Wildman–Crippen MR) is 143 cm³/mol. The van der Waals surface area contributed by atoms with Crippen molar-refractivity contribution in [1.29, 1.82) is 0 Å². The van der Waals surface area contributed by atoms with Crippen molar-refractivity contribution in [2.75, 3.05) is 126 Å². The fourth-order valence-electron chi connectivity index (χ4n) is 2.56. The summed E-state index contributed by atoms with van der Waals surface area (Å²) < 4.78 is 80.1. The zero-order valence-electron chi connectivity index (χ0n) is 23.5. The normalized spacial score (nSPS) is 11.5.